The molecule has 0 aliphatic carbocycles. The van der Waals surface area contributed by atoms with E-state index in [4.69, 9.17) is 4.74 Å². The Kier molecular flexibility index (Phi) is 6.86. The summed E-state index contributed by atoms with van der Waals surface area (Å²) in [6, 6.07) is 14.5. The first-order valence-corrected chi connectivity index (χ1v) is 11.6. The van der Waals surface area contributed by atoms with Crippen LogP contribution in [0.1, 0.15) is 28.2 Å². The molecular formula is C21H22N2O5S2. The number of benzene rings is 1. The van der Waals surface area contributed by atoms with E-state index in [1.165, 1.54) is 6.07 Å². The maximum atomic E-state index is 12.6. The molecule has 0 aliphatic heterocycles. The number of carbonyl (C=O) groups is 2. The highest BCUT2D eigenvalue weighted by atomic mass is 32.2. The number of rotatable bonds is 9. The number of nitrogens with zero attached hydrogens (tertiary/aromatic N) is 1. The molecule has 9 heteroatoms. The first-order valence-electron chi connectivity index (χ1n) is 9.26. The van der Waals surface area contributed by atoms with E-state index in [-0.39, 0.29) is 23.0 Å². The Morgan fingerprint density at radius 1 is 1.10 bits per heavy atom. The van der Waals surface area contributed by atoms with E-state index in [9.17, 15) is 18.0 Å². The van der Waals surface area contributed by atoms with Gasteiger partial charge in [0.25, 0.3) is 0 Å². The molecule has 0 bridgehead atoms. The molecule has 158 valence electrons. The molecule has 0 unspecified atom stereocenters. The van der Waals surface area contributed by atoms with Crippen molar-refractivity contribution in [2.75, 3.05) is 13.2 Å². The molecule has 0 spiro atoms. The maximum Gasteiger partial charge on any atom is 0.307 e. The molecule has 1 aromatic carbocycles. The third-order valence-electron chi connectivity index (χ3n) is 4.49. The van der Waals surface area contributed by atoms with Gasteiger partial charge in [0.2, 0.25) is 15.8 Å². The van der Waals surface area contributed by atoms with E-state index < -0.39 is 22.6 Å². The summed E-state index contributed by atoms with van der Waals surface area (Å²) < 4.78 is 33.5. The van der Waals surface area contributed by atoms with Crippen LogP contribution in [0.3, 0.4) is 0 Å². The van der Waals surface area contributed by atoms with Crippen LogP contribution in [0.2, 0.25) is 0 Å². The van der Waals surface area contributed by atoms with Crippen molar-refractivity contribution in [1.82, 2.24) is 9.29 Å². The van der Waals surface area contributed by atoms with Crippen molar-refractivity contribution in [3.8, 4) is 5.69 Å². The Morgan fingerprint density at radius 3 is 2.50 bits per heavy atom. The Bertz CT molecular complexity index is 1130. The average Bonchev–Trinajstić information content (AvgIpc) is 3.35. The standard InChI is InChI=1S/C21H22N2O5S2/c1-15-13-18(16(2)23(15)17-7-4-3-5-8-17)19(24)14-28-20(25)10-11-22-30(26,27)21-9-6-12-29-21/h3-9,12-13,22H,10-11,14H2,1-2H3. The summed E-state index contributed by atoms with van der Waals surface area (Å²) in [6.45, 7) is 3.25. The molecule has 1 N–H and O–H groups in total. The molecule has 0 saturated heterocycles. The Hall–Kier alpha value is -2.75. The average molecular weight is 447 g/mol. The van der Waals surface area contributed by atoms with Gasteiger partial charge in [0.05, 0.1) is 6.42 Å². The summed E-state index contributed by atoms with van der Waals surface area (Å²) in [6.07, 6.45) is -0.166. The zero-order valence-corrected chi connectivity index (χ0v) is 18.3. The number of aryl methyl sites for hydroxylation is 1. The SMILES string of the molecule is Cc1cc(C(=O)COC(=O)CCNS(=O)(=O)c2cccs2)c(C)n1-c1ccccc1. The van der Waals surface area contributed by atoms with Crippen LogP contribution in [0.5, 0.6) is 0 Å². The van der Waals surface area contributed by atoms with Crippen LogP contribution < -0.4 is 4.72 Å². The Labute approximate surface area is 179 Å². The number of ketones is 1. The van der Waals surface area contributed by atoms with Gasteiger partial charge in [0, 0.05) is 29.2 Å². The van der Waals surface area contributed by atoms with E-state index in [1.54, 1.807) is 17.5 Å². The van der Waals surface area contributed by atoms with Crippen LogP contribution in [0.15, 0.2) is 58.1 Å². The number of thiophene rings is 1. The topological polar surface area (TPSA) is 94.5 Å². The van der Waals surface area contributed by atoms with Crippen molar-refractivity contribution in [2.24, 2.45) is 0 Å². The number of esters is 1. The number of sulfonamides is 1. The fourth-order valence-corrected chi connectivity index (χ4v) is 5.16. The molecule has 0 amide bonds. The van der Waals surface area contributed by atoms with E-state index in [0.29, 0.717) is 5.56 Å². The lowest BCUT2D eigenvalue weighted by molar-refractivity contribution is -0.142. The molecule has 3 rings (SSSR count). The van der Waals surface area contributed by atoms with E-state index in [2.05, 4.69) is 4.72 Å². The number of aromatic nitrogens is 1. The molecule has 3 aromatic rings. The number of carbonyl (C=O) groups excluding carboxylic acids is 2. The Morgan fingerprint density at radius 2 is 1.83 bits per heavy atom. The van der Waals surface area contributed by atoms with E-state index >= 15 is 0 Å². The van der Waals surface area contributed by atoms with Gasteiger partial charge >= 0.3 is 5.97 Å². The molecule has 0 fully saturated rings. The first-order chi connectivity index (χ1) is 14.3. The van der Waals surface area contributed by atoms with Gasteiger partial charge in [-0.15, -0.1) is 11.3 Å². The molecule has 0 atom stereocenters. The number of hydrogen-bond donors (Lipinski definition) is 1. The summed E-state index contributed by atoms with van der Waals surface area (Å²) in [5, 5.41) is 1.66. The normalized spacial score (nSPS) is 11.4. The number of para-hydroxylation sites is 1. The molecule has 2 aromatic heterocycles. The second-order valence-electron chi connectivity index (χ2n) is 6.62. The van der Waals surface area contributed by atoms with Crippen molar-refractivity contribution in [1.29, 1.82) is 0 Å². The second kappa shape index (κ2) is 9.38. The summed E-state index contributed by atoms with van der Waals surface area (Å²) in [7, 11) is -3.63. The van der Waals surface area contributed by atoms with Gasteiger partial charge in [0.1, 0.15) is 4.21 Å². The monoisotopic (exact) mass is 446 g/mol. The lowest BCUT2D eigenvalue weighted by Crippen LogP contribution is -2.26. The van der Waals surface area contributed by atoms with Crippen LogP contribution in [-0.4, -0.2) is 37.9 Å². The summed E-state index contributed by atoms with van der Waals surface area (Å²) in [5.41, 5.74) is 3.10. The number of nitrogens with one attached hydrogen (secondary N) is 1. The smallest absolute Gasteiger partial charge is 0.307 e. The lowest BCUT2D eigenvalue weighted by Gasteiger charge is -2.09. The Balaban J connectivity index is 1.54. The maximum absolute atomic E-state index is 12.6. The van der Waals surface area contributed by atoms with Crippen LogP contribution in [-0.2, 0) is 19.6 Å². The lowest BCUT2D eigenvalue weighted by atomic mass is 10.1. The molecule has 0 aliphatic rings. The van der Waals surface area contributed by atoms with Crippen molar-refractivity contribution in [3.63, 3.8) is 0 Å². The highest BCUT2D eigenvalue weighted by Crippen LogP contribution is 2.21. The van der Waals surface area contributed by atoms with E-state index in [0.717, 1.165) is 28.4 Å². The van der Waals surface area contributed by atoms with E-state index in [1.807, 2.05) is 48.7 Å². The van der Waals surface area contributed by atoms with Crippen LogP contribution in [0, 0.1) is 13.8 Å². The van der Waals surface area contributed by atoms with Gasteiger partial charge in [-0.05, 0) is 43.5 Å². The van der Waals surface area contributed by atoms with Gasteiger partial charge in [-0.2, -0.15) is 0 Å². The highest BCUT2D eigenvalue weighted by molar-refractivity contribution is 7.91. The van der Waals surface area contributed by atoms with Crippen molar-refractivity contribution in [2.45, 2.75) is 24.5 Å². The molecule has 2 heterocycles. The van der Waals surface area contributed by atoms with Gasteiger partial charge in [-0.25, -0.2) is 13.1 Å². The second-order valence-corrected chi connectivity index (χ2v) is 9.56. The summed E-state index contributed by atoms with van der Waals surface area (Å²) >= 11 is 1.09. The van der Waals surface area contributed by atoms with Crippen molar-refractivity contribution < 1.29 is 22.7 Å². The van der Waals surface area contributed by atoms with Gasteiger partial charge in [0.15, 0.2) is 6.61 Å². The first kappa shape index (κ1) is 21.9. The minimum Gasteiger partial charge on any atom is -0.457 e. The quantitative estimate of drug-likeness (QED) is 0.402. The third kappa shape index (κ3) is 5.05. The number of Topliss-reactive ketones (excluding diaryl/α,β-unsaturated/α-hetero) is 1. The van der Waals surface area contributed by atoms with Crippen LogP contribution in [0.4, 0.5) is 0 Å². The predicted octanol–water partition coefficient (Wildman–Crippen LogP) is 3.25. The molecular weight excluding hydrogens is 424 g/mol. The highest BCUT2D eigenvalue weighted by Gasteiger charge is 2.19. The minimum absolute atomic E-state index is 0.101. The van der Waals surface area contributed by atoms with Crippen LogP contribution in [0.25, 0.3) is 5.69 Å². The number of hydrogen-bond acceptors (Lipinski definition) is 6. The van der Waals surface area contributed by atoms with Gasteiger partial charge in [-0.3, -0.25) is 9.59 Å². The van der Waals surface area contributed by atoms with Crippen molar-refractivity contribution >= 4 is 33.1 Å². The van der Waals surface area contributed by atoms with Crippen molar-refractivity contribution in [3.05, 3.63) is 70.9 Å². The summed E-state index contributed by atoms with van der Waals surface area (Å²) in [5.74, 6) is -0.952. The molecule has 7 nitrogen and oxygen atoms in total. The molecule has 0 saturated carbocycles. The zero-order valence-electron chi connectivity index (χ0n) is 16.6. The van der Waals surface area contributed by atoms with Gasteiger partial charge in [-0.1, -0.05) is 24.3 Å². The molecule has 30 heavy (non-hydrogen) atoms. The minimum atomic E-state index is -3.63. The number of ether oxygens (including phenoxy) is 1. The fraction of sp³-hybridized carbons (Fsp3) is 0.238. The fourth-order valence-electron chi connectivity index (χ4n) is 3.09. The third-order valence-corrected chi connectivity index (χ3v) is 7.35. The predicted molar refractivity (Wildman–Crippen MR) is 115 cm³/mol. The largest absolute Gasteiger partial charge is 0.457 e. The molecule has 0 radical (unpaired) electrons. The summed E-state index contributed by atoms with van der Waals surface area (Å²) in [4.78, 5) is 24.5. The zero-order chi connectivity index (χ0) is 21.7. The van der Waals surface area contributed by atoms with Gasteiger partial charge < -0.3 is 9.30 Å². The van der Waals surface area contributed by atoms with Crippen LogP contribution >= 0.6 is 11.3 Å².